The van der Waals surface area contributed by atoms with Crippen molar-refractivity contribution in [3.05, 3.63) is 97.8 Å². The minimum atomic E-state index is -0.356. The van der Waals surface area contributed by atoms with Crippen LogP contribution in [0.25, 0.3) is 6.08 Å². The molecule has 2 aromatic carbocycles. The van der Waals surface area contributed by atoms with Gasteiger partial charge in [-0.15, -0.1) is 11.3 Å². The Kier molecular flexibility index (Phi) is 6.86. The van der Waals surface area contributed by atoms with Crippen molar-refractivity contribution in [3.8, 4) is 0 Å². The predicted molar refractivity (Wildman–Crippen MR) is 119 cm³/mol. The Morgan fingerprint density at radius 1 is 1.03 bits per heavy atom. The van der Waals surface area contributed by atoms with Gasteiger partial charge in [0.25, 0.3) is 11.8 Å². The van der Waals surface area contributed by atoms with Crippen LogP contribution in [0, 0.1) is 13.8 Å². The Hall–Kier alpha value is -2.89. The molecule has 0 bridgehead atoms. The Labute approximate surface area is 179 Å². The van der Waals surface area contributed by atoms with Gasteiger partial charge < -0.3 is 10.6 Å². The number of hydrogen-bond donors (Lipinski definition) is 2. The van der Waals surface area contributed by atoms with E-state index in [-0.39, 0.29) is 17.5 Å². The number of halogens is 1. The van der Waals surface area contributed by atoms with Crippen LogP contribution in [0.3, 0.4) is 0 Å². The second-order valence-corrected chi connectivity index (χ2v) is 8.05. The van der Waals surface area contributed by atoms with Crippen molar-refractivity contribution in [3.63, 3.8) is 0 Å². The van der Waals surface area contributed by atoms with Crippen molar-refractivity contribution in [2.45, 2.75) is 20.4 Å². The summed E-state index contributed by atoms with van der Waals surface area (Å²) in [6.45, 7) is 4.27. The van der Waals surface area contributed by atoms with Gasteiger partial charge in [-0.3, -0.25) is 9.59 Å². The fraction of sp³-hybridized carbons (Fsp3) is 0.130. The lowest BCUT2D eigenvalue weighted by Crippen LogP contribution is -2.34. The molecule has 0 spiro atoms. The van der Waals surface area contributed by atoms with Crippen LogP contribution >= 0.6 is 22.9 Å². The number of nitrogens with one attached hydrogen (secondary N) is 2. The van der Waals surface area contributed by atoms with Gasteiger partial charge in [0, 0.05) is 22.0 Å². The molecular formula is C23H21ClN2O2S. The topological polar surface area (TPSA) is 58.2 Å². The van der Waals surface area contributed by atoms with Gasteiger partial charge in [0.1, 0.15) is 5.70 Å². The molecule has 0 aliphatic heterocycles. The van der Waals surface area contributed by atoms with Crippen LogP contribution in [0.1, 0.15) is 31.9 Å². The SMILES string of the molecule is Cc1ccc(C(=O)N/C(=C\c2cccs2)C(=O)NCc2ccc(Cl)cc2)cc1C. The molecule has 29 heavy (non-hydrogen) atoms. The molecule has 1 aromatic heterocycles. The zero-order valence-electron chi connectivity index (χ0n) is 16.2. The number of carbonyl (C=O) groups excluding carboxylic acids is 2. The molecule has 0 radical (unpaired) electrons. The van der Waals surface area contributed by atoms with Crippen LogP contribution < -0.4 is 10.6 Å². The van der Waals surface area contributed by atoms with Crippen LogP contribution in [-0.2, 0) is 11.3 Å². The third-order valence-electron chi connectivity index (χ3n) is 4.46. The van der Waals surface area contributed by atoms with E-state index >= 15 is 0 Å². The van der Waals surface area contributed by atoms with Crippen LogP contribution in [0.4, 0.5) is 0 Å². The monoisotopic (exact) mass is 424 g/mol. The first-order valence-corrected chi connectivity index (χ1v) is 10.3. The molecule has 148 valence electrons. The molecule has 3 aromatic rings. The molecular weight excluding hydrogens is 404 g/mol. The molecule has 0 fully saturated rings. The highest BCUT2D eigenvalue weighted by Gasteiger charge is 2.15. The van der Waals surface area contributed by atoms with Gasteiger partial charge in [-0.2, -0.15) is 0 Å². The summed E-state index contributed by atoms with van der Waals surface area (Å²) >= 11 is 7.39. The summed E-state index contributed by atoms with van der Waals surface area (Å²) in [6, 6.07) is 16.5. The third-order valence-corrected chi connectivity index (χ3v) is 5.53. The Balaban J connectivity index is 1.76. The normalized spacial score (nSPS) is 11.2. The number of hydrogen-bond acceptors (Lipinski definition) is 3. The molecule has 3 rings (SSSR count). The molecule has 0 aliphatic carbocycles. The molecule has 0 atom stereocenters. The van der Waals surface area contributed by atoms with Crippen LogP contribution in [0.2, 0.25) is 5.02 Å². The van der Waals surface area contributed by atoms with Crippen LogP contribution in [0.15, 0.2) is 65.7 Å². The first-order chi connectivity index (χ1) is 13.9. The minimum absolute atomic E-state index is 0.199. The predicted octanol–water partition coefficient (Wildman–Crippen LogP) is 5.11. The molecule has 2 amide bonds. The minimum Gasteiger partial charge on any atom is -0.347 e. The lowest BCUT2D eigenvalue weighted by Gasteiger charge is -2.12. The quantitative estimate of drug-likeness (QED) is 0.540. The summed E-state index contributed by atoms with van der Waals surface area (Å²) in [5.74, 6) is -0.678. The number of carbonyl (C=O) groups is 2. The van der Waals surface area contributed by atoms with E-state index in [4.69, 9.17) is 11.6 Å². The summed E-state index contributed by atoms with van der Waals surface area (Å²) in [7, 11) is 0. The Morgan fingerprint density at radius 3 is 2.45 bits per heavy atom. The van der Waals surface area contributed by atoms with E-state index in [1.165, 1.54) is 11.3 Å². The maximum absolute atomic E-state index is 12.8. The summed E-state index contributed by atoms with van der Waals surface area (Å²) in [5.41, 5.74) is 3.75. The van der Waals surface area contributed by atoms with Crippen LogP contribution in [-0.4, -0.2) is 11.8 Å². The molecule has 2 N–H and O–H groups in total. The van der Waals surface area contributed by atoms with Crippen molar-refractivity contribution in [1.82, 2.24) is 10.6 Å². The number of thiophene rings is 1. The molecule has 0 aliphatic rings. The molecule has 0 unspecified atom stereocenters. The van der Waals surface area contributed by atoms with Gasteiger partial charge in [-0.1, -0.05) is 35.9 Å². The first kappa shape index (κ1) is 20.8. The van der Waals surface area contributed by atoms with Gasteiger partial charge >= 0.3 is 0 Å². The molecule has 6 heteroatoms. The highest BCUT2D eigenvalue weighted by atomic mass is 35.5. The molecule has 4 nitrogen and oxygen atoms in total. The van der Waals surface area contributed by atoms with Crippen LogP contribution in [0.5, 0.6) is 0 Å². The van der Waals surface area contributed by atoms with E-state index < -0.39 is 0 Å². The summed E-state index contributed by atoms with van der Waals surface area (Å²) < 4.78 is 0. The van der Waals surface area contributed by atoms with Gasteiger partial charge in [0.15, 0.2) is 0 Å². The highest BCUT2D eigenvalue weighted by molar-refractivity contribution is 7.10. The third kappa shape index (κ3) is 5.79. The molecule has 0 saturated heterocycles. The zero-order valence-corrected chi connectivity index (χ0v) is 17.7. The number of amides is 2. The van der Waals surface area contributed by atoms with E-state index in [9.17, 15) is 9.59 Å². The fourth-order valence-corrected chi connectivity index (χ4v) is 3.41. The van der Waals surface area contributed by atoms with Gasteiger partial charge in [-0.25, -0.2) is 0 Å². The smallest absolute Gasteiger partial charge is 0.268 e. The van der Waals surface area contributed by atoms with E-state index in [1.807, 2.05) is 55.6 Å². The lowest BCUT2D eigenvalue weighted by molar-refractivity contribution is -0.117. The average molecular weight is 425 g/mol. The average Bonchev–Trinajstić information content (AvgIpc) is 3.22. The number of rotatable bonds is 6. The maximum atomic E-state index is 12.8. The summed E-state index contributed by atoms with van der Waals surface area (Å²) in [6.07, 6.45) is 1.68. The number of benzene rings is 2. The van der Waals surface area contributed by atoms with Crippen molar-refractivity contribution >= 4 is 40.8 Å². The summed E-state index contributed by atoms with van der Waals surface area (Å²) in [4.78, 5) is 26.4. The highest BCUT2D eigenvalue weighted by Crippen LogP contribution is 2.15. The molecule has 0 saturated carbocycles. The summed E-state index contributed by atoms with van der Waals surface area (Å²) in [5, 5.41) is 8.16. The van der Waals surface area contributed by atoms with Gasteiger partial charge in [-0.05, 0) is 72.3 Å². The Morgan fingerprint density at radius 2 is 1.79 bits per heavy atom. The van der Waals surface area contributed by atoms with Crippen molar-refractivity contribution in [1.29, 1.82) is 0 Å². The van der Waals surface area contributed by atoms with E-state index in [0.717, 1.165) is 21.6 Å². The van der Waals surface area contributed by atoms with E-state index in [1.54, 1.807) is 24.3 Å². The standard InChI is InChI=1S/C23H21ClN2O2S/c1-15-5-8-18(12-16(15)2)22(27)26-21(13-20-4-3-11-29-20)23(28)25-14-17-6-9-19(24)10-7-17/h3-13H,14H2,1-2H3,(H,25,28)(H,26,27)/b21-13-. The second-order valence-electron chi connectivity index (χ2n) is 6.64. The largest absolute Gasteiger partial charge is 0.347 e. The fourth-order valence-electron chi connectivity index (χ4n) is 2.63. The Bertz CT molecular complexity index is 1040. The van der Waals surface area contributed by atoms with Gasteiger partial charge in [0.2, 0.25) is 0 Å². The second kappa shape index (κ2) is 9.54. The van der Waals surface area contributed by atoms with E-state index in [0.29, 0.717) is 17.1 Å². The first-order valence-electron chi connectivity index (χ1n) is 9.09. The van der Waals surface area contributed by atoms with E-state index in [2.05, 4.69) is 10.6 Å². The van der Waals surface area contributed by atoms with Crippen molar-refractivity contribution in [2.75, 3.05) is 0 Å². The molecule has 1 heterocycles. The number of aryl methyl sites for hydroxylation is 2. The van der Waals surface area contributed by atoms with Crippen molar-refractivity contribution in [2.24, 2.45) is 0 Å². The zero-order chi connectivity index (χ0) is 20.8. The van der Waals surface area contributed by atoms with Gasteiger partial charge in [0.05, 0.1) is 0 Å². The maximum Gasteiger partial charge on any atom is 0.268 e. The van der Waals surface area contributed by atoms with Crippen molar-refractivity contribution < 1.29 is 9.59 Å². The lowest BCUT2D eigenvalue weighted by atomic mass is 10.1.